The first kappa shape index (κ1) is 24.5. The topological polar surface area (TPSA) is 58.4 Å². The van der Waals surface area contributed by atoms with Crippen molar-refractivity contribution in [1.29, 1.82) is 0 Å². The Hall–Kier alpha value is -3.24. The zero-order chi connectivity index (χ0) is 25.3. The van der Waals surface area contributed by atoms with E-state index in [2.05, 4.69) is 25.3 Å². The van der Waals surface area contributed by atoms with Gasteiger partial charge in [-0.25, -0.2) is 18.9 Å². The van der Waals surface area contributed by atoms with Gasteiger partial charge in [-0.15, -0.1) is 0 Å². The smallest absolute Gasteiger partial charge is 0.353 e. The molecule has 188 valence electrons. The predicted octanol–water partition coefficient (Wildman–Crippen LogP) is 6.17. The third kappa shape index (κ3) is 5.15. The summed E-state index contributed by atoms with van der Waals surface area (Å²) in [6, 6.07) is 8.09. The summed E-state index contributed by atoms with van der Waals surface area (Å²) >= 11 is 5.99. The van der Waals surface area contributed by atoms with Crippen molar-refractivity contribution in [2.24, 2.45) is 0 Å². The molecule has 4 heterocycles. The van der Waals surface area contributed by atoms with E-state index in [1.807, 2.05) is 0 Å². The number of benzene rings is 1. The average Bonchev–Trinajstić information content (AvgIpc) is 3.25. The number of fused-ring (bicyclic) bond motifs is 1. The van der Waals surface area contributed by atoms with Crippen LogP contribution in [0.15, 0.2) is 48.8 Å². The summed E-state index contributed by atoms with van der Waals surface area (Å²) in [5.74, 6) is -0.203. The number of nitrogens with one attached hydrogen (secondary N) is 1. The minimum atomic E-state index is -4.53. The highest BCUT2D eigenvalue weighted by molar-refractivity contribution is 6.31. The van der Waals surface area contributed by atoms with E-state index in [9.17, 15) is 17.6 Å². The molecule has 1 N–H and O–H groups in total. The van der Waals surface area contributed by atoms with E-state index in [1.165, 1.54) is 43.5 Å². The maximum atomic E-state index is 13.8. The molecule has 0 radical (unpaired) electrons. The molecule has 3 aromatic heterocycles. The second-order valence-electron chi connectivity index (χ2n) is 8.69. The number of pyridine rings is 1. The van der Waals surface area contributed by atoms with Gasteiger partial charge >= 0.3 is 6.18 Å². The number of hydrogen-bond acceptors (Lipinski definition) is 5. The van der Waals surface area contributed by atoms with Crippen molar-refractivity contribution >= 4 is 23.1 Å². The van der Waals surface area contributed by atoms with Crippen LogP contribution in [-0.4, -0.2) is 50.7 Å². The van der Waals surface area contributed by atoms with Gasteiger partial charge in [-0.3, -0.25) is 0 Å². The zero-order valence-electron chi connectivity index (χ0n) is 19.2. The molecule has 0 atom stereocenters. The van der Waals surface area contributed by atoms with Crippen LogP contribution >= 0.6 is 11.6 Å². The Balaban J connectivity index is 1.53. The van der Waals surface area contributed by atoms with Crippen LogP contribution in [0.4, 0.5) is 23.5 Å². The lowest BCUT2D eigenvalue weighted by atomic mass is 10.0. The molecule has 4 aromatic rings. The van der Waals surface area contributed by atoms with Crippen molar-refractivity contribution in [2.45, 2.75) is 25.4 Å². The lowest BCUT2D eigenvalue weighted by molar-refractivity contribution is -0.137. The molecule has 1 aliphatic heterocycles. The van der Waals surface area contributed by atoms with Crippen molar-refractivity contribution in [3.8, 4) is 22.5 Å². The lowest BCUT2D eigenvalue weighted by Gasteiger charge is -2.26. The van der Waals surface area contributed by atoms with Gasteiger partial charge in [0.05, 0.1) is 27.4 Å². The molecule has 36 heavy (non-hydrogen) atoms. The summed E-state index contributed by atoms with van der Waals surface area (Å²) in [6.07, 6.45) is 1.65. The number of piperidine rings is 1. The highest BCUT2D eigenvalue weighted by Crippen LogP contribution is 2.37. The molecule has 0 amide bonds. The van der Waals surface area contributed by atoms with Crippen LogP contribution in [0, 0.1) is 5.82 Å². The Kier molecular flexibility index (Phi) is 6.81. The fraction of sp³-hybridized carbons (Fsp3) is 0.320. The summed E-state index contributed by atoms with van der Waals surface area (Å²) in [5, 5.41) is 7.53. The molecular weight excluding hydrogens is 496 g/mol. The van der Waals surface area contributed by atoms with Crippen LogP contribution in [0.3, 0.4) is 0 Å². The maximum Gasteiger partial charge on any atom is 0.417 e. The van der Waals surface area contributed by atoms with Crippen LogP contribution in [0.25, 0.3) is 28.0 Å². The van der Waals surface area contributed by atoms with E-state index >= 15 is 0 Å². The van der Waals surface area contributed by atoms with E-state index in [0.29, 0.717) is 40.5 Å². The van der Waals surface area contributed by atoms with Gasteiger partial charge in [-0.1, -0.05) is 18.0 Å². The molecule has 5 rings (SSSR count). The zero-order valence-corrected chi connectivity index (χ0v) is 20.0. The van der Waals surface area contributed by atoms with Gasteiger partial charge in [0.2, 0.25) is 5.95 Å². The Morgan fingerprint density at radius 2 is 1.83 bits per heavy atom. The SMILES string of the molecule is Fc1ccc(-c2nn3cc(C(F)(F)F)ccc3c2-c2ccnc(NCCN3CCCCC3)n2)cc1Cl. The number of nitrogens with zero attached hydrogens (tertiary/aromatic N) is 5. The number of anilines is 1. The third-order valence-corrected chi connectivity index (χ3v) is 6.51. The highest BCUT2D eigenvalue weighted by Gasteiger charge is 2.31. The molecule has 1 aliphatic rings. The molecule has 1 saturated heterocycles. The van der Waals surface area contributed by atoms with Crippen LogP contribution in [0.1, 0.15) is 24.8 Å². The lowest BCUT2D eigenvalue weighted by Crippen LogP contribution is -2.33. The number of alkyl halides is 3. The van der Waals surface area contributed by atoms with Crippen LogP contribution in [0.2, 0.25) is 5.02 Å². The second-order valence-corrected chi connectivity index (χ2v) is 9.10. The van der Waals surface area contributed by atoms with Gasteiger partial charge in [0, 0.05) is 31.0 Å². The summed E-state index contributed by atoms with van der Waals surface area (Å²) in [7, 11) is 0. The van der Waals surface area contributed by atoms with Gasteiger partial charge in [-0.05, 0) is 62.3 Å². The molecule has 0 unspecified atom stereocenters. The summed E-state index contributed by atoms with van der Waals surface area (Å²) in [4.78, 5) is 11.3. The van der Waals surface area contributed by atoms with E-state index in [-0.39, 0.29) is 5.02 Å². The van der Waals surface area contributed by atoms with Crippen LogP contribution in [0.5, 0.6) is 0 Å². The highest BCUT2D eigenvalue weighted by atomic mass is 35.5. The van der Waals surface area contributed by atoms with Crippen molar-refractivity contribution < 1.29 is 17.6 Å². The molecule has 6 nitrogen and oxygen atoms in total. The summed E-state index contributed by atoms with van der Waals surface area (Å²) < 4.78 is 55.0. The van der Waals surface area contributed by atoms with Crippen molar-refractivity contribution in [2.75, 3.05) is 31.5 Å². The fourth-order valence-electron chi connectivity index (χ4n) is 4.41. The third-order valence-electron chi connectivity index (χ3n) is 6.22. The van der Waals surface area contributed by atoms with E-state index in [0.717, 1.165) is 36.4 Å². The number of halogens is 5. The van der Waals surface area contributed by atoms with Gasteiger partial charge in [-0.2, -0.15) is 18.3 Å². The predicted molar refractivity (Wildman–Crippen MR) is 130 cm³/mol. The van der Waals surface area contributed by atoms with E-state index < -0.39 is 17.6 Å². The molecule has 0 aliphatic carbocycles. The monoisotopic (exact) mass is 518 g/mol. The van der Waals surface area contributed by atoms with E-state index in [4.69, 9.17) is 11.6 Å². The summed E-state index contributed by atoms with van der Waals surface area (Å²) in [5.41, 5.74) is 1.32. The van der Waals surface area contributed by atoms with Crippen molar-refractivity contribution in [3.05, 3.63) is 65.2 Å². The largest absolute Gasteiger partial charge is 0.417 e. The fourth-order valence-corrected chi connectivity index (χ4v) is 4.59. The van der Waals surface area contributed by atoms with Gasteiger partial charge < -0.3 is 10.2 Å². The molecular formula is C25H23ClF4N6. The first-order chi connectivity index (χ1) is 17.3. The van der Waals surface area contributed by atoms with E-state index in [1.54, 1.807) is 12.3 Å². The molecule has 1 fully saturated rings. The molecule has 11 heteroatoms. The summed E-state index contributed by atoms with van der Waals surface area (Å²) in [6.45, 7) is 3.68. The van der Waals surface area contributed by atoms with Crippen molar-refractivity contribution in [3.63, 3.8) is 0 Å². The molecule has 1 aromatic carbocycles. The Bertz CT molecular complexity index is 1380. The maximum absolute atomic E-state index is 13.8. The Morgan fingerprint density at radius 1 is 1.03 bits per heavy atom. The number of likely N-dealkylation sites (tertiary alicyclic amines) is 1. The average molecular weight is 519 g/mol. The van der Waals surface area contributed by atoms with Gasteiger partial charge in [0.15, 0.2) is 0 Å². The second kappa shape index (κ2) is 10.0. The van der Waals surface area contributed by atoms with Crippen molar-refractivity contribution in [1.82, 2.24) is 24.5 Å². The number of hydrogen-bond donors (Lipinski definition) is 1. The molecule has 0 spiro atoms. The number of rotatable bonds is 6. The van der Waals surface area contributed by atoms with Gasteiger partial charge in [0.1, 0.15) is 11.5 Å². The minimum Gasteiger partial charge on any atom is -0.353 e. The standard InChI is InChI=1S/C25H23ClF4N6/c26-18-14-16(4-6-19(18)27)23-22(21-7-5-17(25(28,29)30)15-36(21)34-23)20-8-9-31-24(33-20)32-10-13-35-11-2-1-3-12-35/h4-9,14-15H,1-3,10-13H2,(H,31,32,33). The first-order valence-corrected chi connectivity index (χ1v) is 12.0. The molecule has 0 saturated carbocycles. The van der Waals surface area contributed by atoms with Crippen LogP contribution in [-0.2, 0) is 6.18 Å². The quantitative estimate of drug-likeness (QED) is 0.309. The molecule has 0 bridgehead atoms. The Labute approximate surface area is 209 Å². The first-order valence-electron chi connectivity index (χ1n) is 11.6. The van der Waals surface area contributed by atoms with Crippen LogP contribution < -0.4 is 5.32 Å². The normalized spacial score (nSPS) is 14.9. The minimum absolute atomic E-state index is 0.116. The Morgan fingerprint density at radius 3 is 2.58 bits per heavy atom. The number of aromatic nitrogens is 4. The van der Waals surface area contributed by atoms with Gasteiger partial charge in [0.25, 0.3) is 0 Å².